The molecular weight excluding hydrogens is 349 g/mol. The number of halogens is 2. The summed E-state index contributed by atoms with van der Waals surface area (Å²) in [6.45, 7) is 0.532. The van der Waals surface area contributed by atoms with Crippen LogP contribution in [0, 0.1) is 0 Å². The first-order valence-electron chi connectivity index (χ1n) is 7.53. The molecule has 24 heavy (non-hydrogen) atoms. The van der Waals surface area contributed by atoms with Crippen LogP contribution in [0.5, 0.6) is 0 Å². The van der Waals surface area contributed by atoms with Gasteiger partial charge in [0.1, 0.15) is 6.04 Å². The van der Waals surface area contributed by atoms with Crippen LogP contribution in [0.1, 0.15) is 23.2 Å². The average molecular weight is 364 g/mol. The van der Waals surface area contributed by atoms with Crippen molar-refractivity contribution < 1.29 is 9.59 Å². The molecule has 0 radical (unpaired) electrons. The first kappa shape index (κ1) is 16.7. The van der Waals surface area contributed by atoms with Gasteiger partial charge in [0, 0.05) is 18.3 Å². The molecule has 0 bridgehead atoms. The molecule has 1 saturated heterocycles. The lowest BCUT2D eigenvalue weighted by atomic mass is 10.1. The Morgan fingerprint density at radius 2 is 2.04 bits per heavy atom. The number of hydrogen-bond donors (Lipinski definition) is 1. The minimum atomic E-state index is -0.507. The molecule has 3 rings (SSSR count). The molecule has 2 aromatic rings. The fourth-order valence-electron chi connectivity index (χ4n) is 2.74. The second-order valence-corrected chi connectivity index (χ2v) is 6.33. The highest BCUT2D eigenvalue weighted by molar-refractivity contribution is 6.42. The van der Waals surface area contributed by atoms with E-state index in [1.165, 1.54) is 6.07 Å². The van der Waals surface area contributed by atoms with Crippen LogP contribution >= 0.6 is 23.2 Å². The van der Waals surface area contributed by atoms with Gasteiger partial charge in [-0.05, 0) is 43.2 Å². The maximum Gasteiger partial charge on any atom is 0.254 e. The first-order chi connectivity index (χ1) is 11.6. The Kier molecular flexibility index (Phi) is 5.02. The van der Waals surface area contributed by atoms with Gasteiger partial charge in [-0.15, -0.1) is 0 Å². The highest BCUT2D eigenvalue weighted by Gasteiger charge is 2.34. The van der Waals surface area contributed by atoms with Crippen molar-refractivity contribution >= 4 is 40.7 Å². The van der Waals surface area contributed by atoms with Crippen molar-refractivity contribution in [1.82, 2.24) is 9.88 Å². The van der Waals surface area contributed by atoms with E-state index in [2.05, 4.69) is 10.3 Å². The van der Waals surface area contributed by atoms with E-state index in [9.17, 15) is 9.59 Å². The lowest BCUT2D eigenvalue weighted by Gasteiger charge is -2.24. The summed E-state index contributed by atoms with van der Waals surface area (Å²) in [5.41, 5.74) is 1.03. The Morgan fingerprint density at radius 3 is 2.75 bits per heavy atom. The van der Waals surface area contributed by atoms with Crippen molar-refractivity contribution in [3.05, 3.63) is 58.3 Å². The summed E-state index contributed by atoms with van der Waals surface area (Å²) in [4.78, 5) is 30.7. The van der Waals surface area contributed by atoms with Gasteiger partial charge in [0.15, 0.2) is 0 Å². The van der Waals surface area contributed by atoms with E-state index in [1.54, 1.807) is 41.6 Å². The van der Waals surface area contributed by atoms with Crippen LogP contribution in [0.15, 0.2) is 42.7 Å². The maximum absolute atomic E-state index is 12.7. The summed E-state index contributed by atoms with van der Waals surface area (Å²) in [5.74, 6) is -0.439. The smallest absolute Gasteiger partial charge is 0.254 e. The quantitative estimate of drug-likeness (QED) is 0.905. The van der Waals surface area contributed by atoms with Gasteiger partial charge in [0.05, 0.1) is 21.9 Å². The summed E-state index contributed by atoms with van der Waals surface area (Å²) < 4.78 is 0. The van der Waals surface area contributed by atoms with Gasteiger partial charge in [-0.2, -0.15) is 0 Å². The first-order valence-corrected chi connectivity index (χ1v) is 8.29. The zero-order chi connectivity index (χ0) is 17.1. The molecule has 1 aliphatic rings. The third-order valence-electron chi connectivity index (χ3n) is 3.91. The summed E-state index contributed by atoms with van der Waals surface area (Å²) in [5, 5.41) is 3.51. The van der Waals surface area contributed by atoms with Crippen molar-refractivity contribution in [3.8, 4) is 0 Å². The molecule has 1 aromatic carbocycles. The van der Waals surface area contributed by atoms with E-state index in [1.807, 2.05) is 0 Å². The van der Waals surface area contributed by atoms with Crippen LogP contribution in [-0.2, 0) is 4.79 Å². The van der Waals surface area contributed by atoms with Gasteiger partial charge in [-0.3, -0.25) is 14.6 Å². The number of carbonyl (C=O) groups excluding carboxylic acids is 2. The van der Waals surface area contributed by atoms with Crippen LogP contribution in [0.2, 0.25) is 10.0 Å². The second-order valence-electron chi connectivity index (χ2n) is 5.52. The summed E-state index contributed by atoms with van der Waals surface area (Å²) in [7, 11) is 0. The highest BCUT2D eigenvalue weighted by atomic mass is 35.5. The van der Waals surface area contributed by atoms with E-state index in [0.29, 0.717) is 34.3 Å². The van der Waals surface area contributed by atoms with E-state index in [4.69, 9.17) is 23.2 Å². The minimum absolute atomic E-state index is 0.214. The largest absolute Gasteiger partial charge is 0.327 e. The topological polar surface area (TPSA) is 62.3 Å². The van der Waals surface area contributed by atoms with E-state index < -0.39 is 6.04 Å². The molecular formula is C17H15Cl2N3O2. The average Bonchev–Trinajstić information content (AvgIpc) is 3.07. The van der Waals surface area contributed by atoms with Crippen molar-refractivity contribution in [2.24, 2.45) is 0 Å². The van der Waals surface area contributed by atoms with Crippen molar-refractivity contribution in [1.29, 1.82) is 0 Å². The number of rotatable bonds is 3. The number of nitrogens with one attached hydrogen (secondary N) is 1. The fraction of sp³-hybridized carbons (Fsp3) is 0.235. The summed E-state index contributed by atoms with van der Waals surface area (Å²) >= 11 is 11.9. The van der Waals surface area contributed by atoms with Gasteiger partial charge < -0.3 is 10.2 Å². The highest BCUT2D eigenvalue weighted by Crippen LogP contribution is 2.26. The molecule has 0 aliphatic carbocycles. The zero-order valence-electron chi connectivity index (χ0n) is 12.7. The normalized spacial score (nSPS) is 16.9. The SMILES string of the molecule is O=C(Nc1cccnc1)[C@@H]1CCCN1C(=O)c1ccc(Cl)c(Cl)c1. The second kappa shape index (κ2) is 7.20. The Balaban J connectivity index is 1.76. The maximum atomic E-state index is 12.7. The molecule has 7 heteroatoms. The minimum Gasteiger partial charge on any atom is -0.327 e. The predicted octanol–water partition coefficient (Wildman–Crippen LogP) is 3.63. The number of likely N-dealkylation sites (tertiary alicyclic amines) is 1. The molecule has 1 atom stereocenters. The van der Waals surface area contributed by atoms with Gasteiger partial charge in [-0.1, -0.05) is 23.2 Å². The molecule has 124 valence electrons. The van der Waals surface area contributed by atoms with Crippen molar-refractivity contribution in [2.75, 3.05) is 11.9 Å². The number of nitrogens with zero attached hydrogens (tertiary/aromatic N) is 2. The number of anilines is 1. The van der Waals surface area contributed by atoms with Gasteiger partial charge >= 0.3 is 0 Å². The lowest BCUT2D eigenvalue weighted by molar-refractivity contribution is -0.119. The molecule has 1 aromatic heterocycles. The van der Waals surface area contributed by atoms with E-state index in [-0.39, 0.29) is 11.8 Å². The Labute approximate surface area is 149 Å². The van der Waals surface area contributed by atoms with Gasteiger partial charge in [-0.25, -0.2) is 0 Å². The Hall–Kier alpha value is -2.11. The molecule has 2 heterocycles. The lowest BCUT2D eigenvalue weighted by Crippen LogP contribution is -2.43. The van der Waals surface area contributed by atoms with Crippen LogP contribution in [-0.4, -0.2) is 34.3 Å². The zero-order valence-corrected chi connectivity index (χ0v) is 14.2. The number of hydrogen-bond acceptors (Lipinski definition) is 3. The third kappa shape index (κ3) is 3.52. The molecule has 1 N–H and O–H groups in total. The molecule has 0 spiro atoms. The number of benzene rings is 1. The van der Waals surface area contributed by atoms with Crippen LogP contribution in [0.25, 0.3) is 0 Å². The fourth-order valence-corrected chi connectivity index (χ4v) is 3.04. The number of amides is 2. The molecule has 0 unspecified atom stereocenters. The number of pyridine rings is 1. The molecule has 0 saturated carbocycles. The Morgan fingerprint density at radius 1 is 1.21 bits per heavy atom. The van der Waals surface area contributed by atoms with Gasteiger partial charge in [0.2, 0.25) is 5.91 Å². The van der Waals surface area contributed by atoms with Gasteiger partial charge in [0.25, 0.3) is 5.91 Å². The van der Waals surface area contributed by atoms with E-state index >= 15 is 0 Å². The van der Waals surface area contributed by atoms with Crippen LogP contribution in [0.4, 0.5) is 5.69 Å². The van der Waals surface area contributed by atoms with E-state index in [0.717, 1.165) is 6.42 Å². The van der Waals surface area contributed by atoms with Crippen molar-refractivity contribution in [3.63, 3.8) is 0 Å². The van der Waals surface area contributed by atoms with Crippen molar-refractivity contribution in [2.45, 2.75) is 18.9 Å². The van der Waals surface area contributed by atoms with Crippen LogP contribution < -0.4 is 5.32 Å². The Bertz CT molecular complexity index is 768. The standard InChI is InChI=1S/C17H15Cl2N3O2/c18-13-6-5-11(9-14(13)19)17(24)22-8-2-4-15(22)16(23)21-12-3-1-7-20-10-12/h1,3,5-7,9-10,15H,2,4,8H2,(H,21,23)/t15-/m0/s1. The third-order valence-corrected chi connectivity index (χ3v) is 4.65. The monoisotopic (exact) mass is 363 g/mol. The molecule has 2 amide bonds. The van der Waals surface area contributed by atoms with Crippen LogP contribution in [0.3, 0.4) is 0 Å². The summed E-state index contributed by atoms with van der Waals surface area (Å²) in [6, 6.07) is 7.71. The molecule has 5 nitrogen and oxygen atoms in total. The predicted molar refractivity (Wildman–Crippen MR) is 93.4 cm³/mol. The molecule has 1 aliphatic heterocycles. The summed E-state index contributed by atoms with van der Waals surface area (Å²) in [6.07, 6.45) is 4.60. The number of carbonyl (C=O) groups is 2. The number of aromatic nitrogens is 1. The molecule has 1 fully saturated rings.